The number of para-hydroxylation sites is 1. The fourth-order valence-electron chi connectivity index (χ4n) is 5.53. The number of fused-ring (bicyclic) bond motifs is 6. The number of hydrogen-bond acceptors (Lipinski definition) is 3. The van der Waals surface area contributed by atoms with Crippen molar-refractivity contribution >= 4 is 59.1 Å². The molecule has 7 aromatic rings. The van der Waals surface area contributed by atoms with Gasteiger partial charge in [0.2, 0.25) is 0 Å². The van der Waals surface area contributed by atoms with E-state index in [9.17, 15) is 0 Å². The van der Waals surface area contributed by atoms with E-state index in [2.05, 4.69) is 99.6 Å². The zero-order valence-corrected chi connectivity index (χ0v) is 21.9. The molecule has 2 aromatic heterocycles. The molecule has 0 fully saturated rings. The summed E-state index contributed by atoms with van der Waals surface area (Å²) in [6, 6.07) is 34.4. The SMILES string of the molecule is CC(C)(C)c1cc(-c2cccc3oc4ccccc4c23)c(N)c(-c2cccc3sc4ccccc4c23)c1. The third kappa shape index (κ3) is 3.38. The first-order valence-electron chi connectivity index (χ1n) is 12.7. The van der Waals surface area contributed by atoms with Gasteiger partial charge in [-0.05, 0) is 58.5 Å². The molecule has 0 spiro atoms. The summed E-state index contributed by atoms with van der Waals surface area (Å²) in [5, 5.41) is 4.78. The van der Waals surface area contributed by atoms with Crippen molar-refractivity contribution in [2.45, 2.75) is 26.2 Å². The van der Waals surface area contributed by atoms with E-state index < -0.39 is 0 Å². The highest BCUT2D eigenvalue weighted by Crippen LogP contribution is 2.47. The number of furan rings is 1. The first-order valence-corrected chi connectivity index (χ1v) is 13.5. The lowest BCUT2D eigenvalue weighted by Crippen LogP contribution is -2.12. The van der Waals surface area contributed by atoms with E-state index in [0.29, 0.717) is 0 Å². The monoisotopic (exact) mass is 497 g/mol. The van der Waals surface area contributed by atoms with Crippen LogP contribution in [-0.2, 0) is 5.41 Å². The van der Waals surface area contributed by atoms with Gasteiger partial charge in [0, 0.05) is 47.8 Å². The van der Waals surface area contributed by atoms with Gasteiger partial charge in [-0.3, -0.25) is 0 Å². The molecule has 0 saturated heterocycles. The maximum absolute atomic E-state index is 7.14. The summed E-state index contributed by atoms with van der Waals surface area (Å²) >= 11 is 1.84. The van der Waals surface area contributed by atoms with E-state index in [1.165, 1.54) is 31.3 Å². The summed E-state index contributed by atoms with van der Waals surface area (Å²) in [6.07, 6.45) is 0. The minimum absolute atomic E-state index is 0.0474. The molecule has 0 radical (unpaired) electrons. The van der Waals surface area contributed by atoms with Gasteiger partial charge in [-0.15, -0.1) is 11.3 Å². The molecule has 0 atom stereocenters. The first-order chi connectivity index (χ1) is 17.9. The molecule has 2 nitrogen and oxygen atoms in total. The molecule has 0 saturated carbocycles. The number of thiophene rings is 1. The van der Waals surface area contributed by atoms with Gasteiger partial charge in [0.25, 0.3) is 0 Å². The highest BCUT2D eigenvalue weighted by Gasteiger charge is 2.23. The Morgan fingerprint density at radius 2 is 1.19 bits per heavy atom. The zero-order valence-electron chi connectivity index (χ0n) is 21.1. The van der Waals surface area contributed by atoms with Crippen molar-refractivity contribution < 1.29 is 4.42 Å². The predicted molar refractivity (Wildman–Crippen MR) is 161 cm³/mol. The molecular weight excluding hydrogens is 470 g/mol. The second-order valence-electron chi connectivity index (χ2n) is 10.8. The molecule has 5 aromatic carbocycles. The van der Waals surface area contributed by atoms with Gasteiger partial charge >= 0.3 is 0 Å². The maximum Gasteiger partial charge on any atom is 0.136 e. The van der Waals surface area contributed by atoms with E-state index in [0.717, 1.165) is 44.3 Å². The number of rotatable bonds is 2. The van der Waals surface area contributed by atoms with Crippen LogP contribution in [-0.4, -0.2) is 0 Å². The summed E-state index contributed by atoms with van der Waals surface area (Å²) in [4.78, 5) is 0. The number of anilines is 1. The molecular formula is C34H27NOS. The molecule has 0 bridgehead atoms. The molecule has 0 aliphatic rings. The Morgan fingerprint density at radius 1 is 0.595 bits per heavy atom. The molecule has 0 amide bonds. The number of benzene rings is 5. The maximum atomic E-state index is 7.14. The van der Waals surface area contributed by atoms with E-state index in [4.69, 9.17) is 10.2 Å². The van der Waals surface area contributed by atoms with Crippen LogP contribution in [0.1, 0.15) is 26.3 Å². The molecule has 2 N–H and O–H groups in total. The van der Waals surface area contributed by atoms with Gasteiger partial charge in [-0.1, -0.05) is 81.4 Å². The average Bonchev–Trinajstić information content (AvgIpc) is 3.46. The molecule has 180 valence electrons. The van der Waals surface area contributed by atoms with Crippen molar-refractivity contribution in [2.75, 3.05) is 5.73 Å². The second kappa shape index (κ2) is 7.96. The Hall–Kier alpha value is -4.08. The van der Waals surface area contributed by atoms with Crippen LogP contribution in [0.5, 0.6) is 0 Å². The van der Waals surface area contributed by atoms with Crippen LogP contribution in [0.25, 0.3) is 64.4 Å². The van der Waals surface area contributed by atoms with E-state index >= 15 is 0 Å². The van der Waals surface area contributed by atoms with E-state index in [-0.39, 0.29) is 5.41 Å². The normalized spacial score (nSPS) is 12.3. The highest BCUT2D eigenvalue weighted by atomic mass is 32.1. The minimum atomic E-state index is -0.0474. The highest BCUT2D eigenvalue weighted by molar-refractivity contribution is 7.25. The van der Waals surface area contributed by atoms with Gasteiger partial charge in [-0.2, -0.15) is 0 Å². The van der Waals surface area contributed by atoms with E-state index in [1.807, 2.05) is 29.5 Å². The largest absolute Gasteiger partial charge is 0.456 e. The van der Waals surface area contributed by atoms with Gasteiger partial charge in [0.1, 0.15) is 11.2 Å². The summed E-state index contributed by atoms with van der Waals surface area (Å²) in [5.74, 6) is 0. The molecule has 0 aliphatic heterocycles. The Morgan fingerprint density at radius 3 is 1.95 bits per heavy atom. The van der Waals surface area contributed by atoms with Gasteiger partial charge < -0.3 is 10.2 Å². The third-order valence-electron chi connectivity index (χ3n) is 7.43. The Kier molecular flexibility index (Phi) is 4.76. The Bertz CT molecular complexity index is 1850. The van der Waals surface area contributed by atoms with E-state index in [1.54, 1.807) is 0 Å². The lowest BCUT2D eigenvalue weighted by atomic mass is 9.81. The summed E-state index contributed by atoms with van der Waals surface area (Å²) in [7, 11) is 0. The van der Waals surface area contributed by atoms with Crippen LogP contribution in [0, 0.1) is 0 Å². The van der Waals surface area contributed by atoms with Gasteiger partial charge in [-0.25, -0.2) is 0 Å². The van der Waals surface area contributed by atoms with Crippen LogP contribution in [0.2, 0.25) is 0 Å². The Labute approximate surface area is 220 Å². The minimum Gasteiger partial charge on any atom is -0.456 e. The van der Waals surface area contributed by atoms with Crippen molar-refractivity contribution in [3.63, 3.8) is 0 Å². The average molecular weight is 498 g/mol. The van der Waals surface area contributed by atoms with Crippen molar-refractivity contribution in [1.82, 2.24) is 0 Å². The second-order valence-corrected chi connectivity index (χ2v) is 11.9. The number of nitrogen functional groups attached to an aromatic ring is 1. The molecule has 0 unspecified atom stereocenters. The van der Waals surface area contributed by atoms with Crippen molar-refractivity contribution in [1.29, 1.82) is 0 Å². The lowest BCUT2D eigenvalue weighted by molar-refractivity contribution is 0.591. The van der Waals surface area contributed by atoms with Crippen molar-refractivity contribution in [2.24, 2.45) is 0 Å². The van der Waals surface area contributed by atoms with Crippen molar-refractivity contribution in [3.8, 4) is 22.3 Å². The fraction of sp³-hybridized carbons (Fsp3) is 0.118. The van der Waals surface area contributed by atoms with Crippen LogP contribution in [0.15, 0.2) is 101 Å². The third-order valence-corrected chi connectivity index (χ3v) is 8.57. The summed E-state index contributed by atoms with van der Waals surface area (Å²) in [6.45, 7) is 6.79. The number of hydrogen-bond donors (Lipinski definition) is 1. The van der Waals surface area contributed by atoms with Gasteiger partial charge in [0.05, 0.1) is 0 Å². The van der Waals surface area contributed by atoms with Crippen LogP contribution in [0.4, 0.5) is 5.69 Å². The lowest BCUT2D eigenvalue weighted by Gasteiger charge is -2.24. The van der Waals surface area contributed by atoms with Gasteiger partial charge in [0.15, 0.2) is 0 Å². The fourth-order valence-corrected chi connectivity index (χ4v) is 6.66. The predicted octanol–water partition coefficient (Wildman–Crippen LogP) is 10.2. The van der Waals surface area contributed by atoms with Crippen LogP contribution >= 0.6 is 11.3 Å². The first kappa shape index (κ1) is 22.1. The molecule has 3 heteroatoms. The Balaban J connectivity index is 1.60. The molecule has 2 heterocycles. The van der Waals surface area contributed by atoms with Crippen LogP contribution in [0.3, 0.4) is 0 Å². The number of nitrogens with two attached hydrogens (primary N) is 1. The summed E-state index contributed by atoms with van der Waals surface area (Å²) < 4.78 is 8.80. The topological polar surface area (TPSA) is 39.2 Å². The standard InChI is InChI=1S/C34H27NOS/c1-34(2,3)20-18-25(21-12-8-15-28-31(21)23-10-4-6-14-27(23)36-28)33(35)26(19-20)22-13-9-17-30-32(22)24-11-5-7-16-29(24)37-30/h4-19H,35H2,1-3H3. The van der Waals surface area contributed by atoms with Crippen molar-refractivity contribution in [3.05, 3.63) is 103 Å². The molecule has 0 aliphatic carbocycles. The smallest absolute Gasteiger partial charge is 0.136 e. The molecule has 37 heavy (non-hydrogen) atoms. The molecule has 7 rings (SSSR count). The summed E-state index contributed by atoms with van der Waals surface area (Å²) in [5.41, 5.74) is 15.4. The quantitative estimate of drug-likeness (QED) is 0.241. The zero-order chi connectivity index (χ0) is 25.3. The van der Waals surface area contributed by atoms with Crippen LogP contribution < -0.4 is 5.73 Å².